The van der Waals surface area contributed by atoms with Crippen molar-refractivity contribution in [1.82, 2.24) is 0 Å². The predicted octanol–water partition coefficient (Wildman–Crippen LogP) is 7.36. The topological polar surface area (TPSA) is 26.0 Å². The van der Waals surface area contributed by atoms with Crippen LogP contribution in [0.2, 0.25) is 0 Å². The lowest BCUT2D eigenvalue weighted by Crippen LogP contribution is -2.51. The first-order valence-corrected chi connectivity index (χ1v) is 12.7. The first-order valence-electron chi connectivity index (χ1n) is 12.7. The van der Waals surface area contributed by atoms with Crippen LogP contribution >= 0.6 is 0 Å². The van der Waals surface area contributed by atoms with Gasteiger partial charge >= 0.3 is 0 Å². The Labute approximate surface area is 175 Å². The summed E-state index contributed by atoms with van der Waals surface area (Å²) in [6.45, 7) is 12.7. The highest BCUT2D eigenvalue weighted by Crippen LogP contribution is 2.67. The summed E-state index contributed by atoms with van der Waals surface area (Å²) in [6, 6.07) is 0.423. The van der Waals surface area contributed by atoms with E-state index in [4.69, 9.17) is 5.73 Å². The third kappa shape index (κ3) is 3.42. The molecule has 0 bridgehead atoms. The molecule has 4 aliphatic carbocycles. The fraction of sp³-hybridized carbons (Fsp3) is 0.926. The molecule has 0 aliphatic heterocycles. The predicted molar refractivity (Wildman–Crippen MR) is 121 cm³/mol. The van der Waals surface area contributed by atoms with Crippen LogP contribution in [0.3, 0.4) is 0 Å². The Morgan fingerprint density at radius 2 is 1.79 bits per heavy atom. The maximum atomic E-state index is 6.34. The van der Waals surface area contributed by atoms with Crippen molar-refractivity contribution in [3.8, 4) is 0 Å². The molecule has 0 saturated heterocycles. The van der Waals surface area contributed by atoms with Crippen LogP contribution in [0.25, 0.3) is 0 Å². The van der Waals surface area contributed by atoms with Crippen molar-refractivity contribution >= 4 is 0 Å². The standard InChI is InChI=1S/C27H47N/c1-18(2)7-6-8-19(3)23-11-12-24-22-10-9-20-17-21(28)13-15-26(20,4)25(22)14-16-27(23,24)5/h9,18-19,21-25H,6-8,10-17,28H2,1-5H3/t19-,21+,22?,23?,24?,25?,26?,27?/m1/s1. The highest BCUT2D eigenvalue weighted by atomic mass is 14.7. The number of nitrogens with two attached hydrogens (primary N) is 1. The van der Waals surface area contributed by atoms with Crippen LogP contribution in [0.1, 0.15) is 105 Å². The van der Waals surface area contributed by atoms with Crippen LogP contribution in [0.4, 0.5) is 0 Å². The van der Waals surface area contributed by atoms with Gasteiger partial charge < -0.3 is 5.73 Å². The minimum atomic E-state index is 0.423. The van der Waals surface area contributed by atoms with E-state index in [2.05, 4.69) is 40.7 Å². The SMILES string of the molecule is CC(C)CCC[C@@H](C)C1CCC2C3CC=C4C[C@@H](N)CCC4(C)C3CCC21C. The van der Waals surface area contributed by atoms with Crippen molar-refractivity contribution in [3.05, 3.63) is 11.6 Å². The van der Waals surface area contributed by atoms with Crippen molar-refractivity contribution < 1.29 is 0 Å². The van der Waals surface area contributed by atoms with E-state index in [1.54, 1.807) is 5.57 Å². The van der Waals surface area contributed by atoms with E-state index >= 15 is 0 Å². The molecule has 0 radical (unpaired) electrons. The lowest BCUT2D eigenvalue weighted by molar-refractivity contribution is -0.0508. The Balaban J connectivity index is 1.49. The van der Waals surface area contributed by atoms with Gasteiger partial charge in [0.15, 0.2) is 0 Å². The fourth-order valence-electron chi connectivity index (χ4n) is 8.71. The number of hydrogen-bond acceptors (Lipinski definition) is 1. The summed E-state index contributed by atoms with van der Waals surface area (Å²) in [7, 11) is 0. The second-order valence-corrected chi connectivity index (χ2v) is 12.3. The molecule has 28 heavy (non-hydrogen) atoms. The van der Waals surface area contributed by atoms with Crippen molar-refractivity contribution in [2.75, 3.05) is 0 Å². The zero-order valence-electron chi connectivity index (χ0n) is 19.5. The van der Waals surface area contributed by atoms with E-state index < -0.39 is 0 Å². The third-order valence-electron chi connectivity index (χ3n) is 10.3. The number of allylic oxidation sites excluding steroid dienone is 1. The van der Waals surface area contributed by atoms with Gasteiger partial charge in [-0.15, -0.1) is 0 Å². The molecule has 0 heterocycles. The maximum absolute atomic E-state index is 6.34. The zero-order chi connectivity index (χ0) is 20.1. The van der Waals surface area contributed by atoms with Gasteiger partial charge in [-0.25, -0.2) is 0 Å². The van der Waals surface area contributed by atoms with Crippen LogP contribution in [0, 0.1) is 46.3 Å². The van der Waals surface area contributed by atoms with Crippen molar-refractivity contribution in [2.45, 2.75) is 111 Å². The molecule has 3 saturated carbocycles. The highest BCUT2D eigenvalue weighted by Gasteiger charge is 2.58. The molecule has 8 atom stereocenters. The van der Waals surface area contributed by atoms with Crippen LogP contribution in [0.15, 0.2) is 11.6 Å². The van der Waals surface area contributed by atoms with E-state index in [1.807, 2.05) is 0 Å². The van der Waals surface area contributed by atoms with Gasteiger partial charge in [-0.3, -0.25) is 0 Å². The number of rotatable bonds is 5. The Morgan fingerprint density at radius 3 is 2.54 bits per heavy atom. The Hall–Kier alpha value is -0.300. The van der Waals surface area contributed by atoms with Crippen LogP contribution in [-0.2, 0) is 0 Å². The van der Waals surface area contributed by atoms with Crippen molar-refractivity contribution in [1.29, 1.82) is 0 Å². The van der Waals surface area contributed by atoms with Crippen LogP contribution < -0.4 is 5.73 Å². The second kappa shape index (κ2) is 7.75. The summed E-state index contributed by atoms with van der Waals surface area (Å²) < 4.78 is 0. The monoisotopic (exact) mass is 385 g/mol. The molecule has 6 unspecified atom stereocenters. The van der Waals surface area contributed by atoms with Crippen LogP contribution in [0.5, 0.6) is 0 Å². The molecule has 4 rings (SSSR count). The van der Waals surface area contributed by atoms with Gasteiger partial charge in [-0.05, 0) is 97.7 Å². The average Bonchev–Trinajstić information content (AvgIpc) is 2.99. The first-order chi connectivity index (χ1) is 13.3. The van der Waals surface area contributed by atoms with E-state index in [9.17, 15) is 0 Å². The van der Waals surface area contributed by atoms with Gasteiger partial charge in [0.05, 0.1) is 0 Å². The number of fused-ring (bicyclic) bond motifs is 5. The summed E-state index contributed by atoms with van der Waals surface area (Å²) >= 11 is 0. The zero-order valence-corrected chi connectivity index (χ0v) is 19.5. The maximum Gasteiger partial charge on any atom is 0.00766 e. The third-order valence-corrected chi connectivity index (χ3v) is 10.3. The van der Waals surface area contributed by atoms with Gasteiger partial charge in [-0.2, -0.15) is 0 Å². The minimum absolute atomic E-state index is 0.423. The smallest absolute Gasteiger partial charge is 0.00766 e. The molecule has 4 aliphatic rings. The molecule has 2 N–H and O–H groups in total. The average molecular weight is 386 g/mol. The second-order valence-electron chi connectivity index (χ2n) is 12.3. The molecule has 0 aromatic rings. The van der Waals surface area contributed by atoms with E-state index in [0.717, 1.165) is 35.5 Å². The normalized spacial score (nSPS) is 46.5. The Bertz CT molecular complexity index is 591. The van der Waals surface area contributed by atoms with E-state index in [-0.39, 0.29) is 0 Å². The summed E-state index contributed by atoms with van der Waals surface area (Å²) in [5.74, 6) is 5.63. The van der Waals surface area contributed by atoms with Gasteiger partial charge in [0.1, 0.15) is 0 Å². The van der Waals surface area contributed by atoms with Gasteiger partial charge in [0, 0.05) is 6.04 Å². The molecule has 0 aromatic carbocycles. The van der Waals surface area contributed by atoms with E-state index in [0.29, 0.717) is 16.9 Å². The van der Waals surface area contributed by atoms with Crippen LogP contribution in [-0.4, -0.2) is 6.04 Å². The van der Waals surface area contributed by atoms with Crippen molar-refractivity contribution in [3.63, 3.8) is 0 Å². The molecule has 0 spiro atoms. The van der Waals surface area contributed by atoms with Crippen molar-refractivity contribution in [2.24, 2.45) is 52.1 Å². The van der Waals surface area contributed by atoms with E-state index in [1.165, 1.54) is 70.6 Å². The quantitative estimate of drug-likeness (QED) is 0.492. The fourth-order valence-corrected chi connectivity index (χ4v) is 8.71. The molecular formula is C27H47N. The molecule has 1 nitrogen and oxygen atoms in total. The summed E-state index contributed by atoms with van der Waals surface area (Å²) in [5.41, 5.74) is 9.18. The van der Waals surface area contributed by atoms with Gasteiger partial charge in [-0.1, -0.05) is 65.5 Å². The lowest BCUT2D eigenvalue weighted by Gasteiger charge is -2.58. The molecule has 1 heteroatoms. The Morgan fingerprint density at radius 1 is 1.00 bits per heavy atom. The summed E-state index contributed by atoms with van der Waals surface area (Å²) in [6.07, 6.45) is 18.1. The molecule has 3 fully saturated rings. The summed E-state index contributed by atoms with van der Waals surface area (Å²) in [4.78, 5) is 0. The Kier molecular flexibility index (Phi) is 5.80. The van der Waals surface area contributed by atoms with Gasteiger partial charge in [0.2, 0.25) is 0 Å². The lowest BCUT2D eigenvalue weighted by atomic mass is 9.47. The molecule has 0 aromatic heterocycles. The largest absolute Gasteiger partial charge is 0.327 e. The number of hydrogen-bond donors (Lipinski definition) is 1. The minimum Gasteiger partial charge on any atom is -0.327 e. The molecule has 160 valence electrons. The first kappa shape index (κ1) is 21.0. The van der Waals surface area contributed by atoms with Gasteiger partial charge in [0.25, 0.3) is 0 Å². The highest BCUT2D eigenvalue weighted by molar-refractivity contribution is 5.25. The molecule has 0 amide bonds. The molecular weight excluding hydrogens is 338 g/mol. The summed E-state index contributed by atoms with van der Waals surface area (Å²) in [5, 5.41) is 0.